The summed E-state index contributed by atoms with van der Waals surface area (Å²) in [7, 11) is 0. The van der Waals surface area contributed by atoms with Crippen molar-refractivity contribution in [2.24, 2.45) is 0 Å². The van der Waals surface area contributed by atoms with Gasteiger partial charge < -0.3 is 19.3 Å². The van der Waals surface area contributed by atoms with Crippen molar-refractivity contribution >= 4 is 0 Å². The highest BCUT2D eigenvalue weighted by Crippen LogP contribution is 2.45. The van der Waals surface area contributed by atoms with Crippen LogP contribution in [-0.4, -0.2) is 24.1 Å². The Morgan fingerprint density at radius 2 is 1.60 bits per heavy atom. The Balaban J connectivity index is 1.44. The number of ether oxygens (including phenoxy) is 3. The number of benzene rings is 2. The molecule has 0 atom stereocenters. The van der Waals surface area contributed by atoms with Crippen LogP contribution in [0.25, 0.3) is 0 Å². The second-order valence-electron chi connectivity index (χ2n) is 6.94. The molecule has 0 unspecified atom stereocenters. The van der Waals surface area contributed by atoms with E-state index in [1.807, 2.05) is 54.6 Å². The number of hydrogen-bond donors (Lipinski definition) is 1. The number of hydrogen-bond acceptors (Lipinski definition) is 4. The van der Waals surface area contributed by atoms with Crippen LogP contribution in [0.15, 0.2) is 54.6 Å². The maximum atomic E-state index is 11.1. The van der Waals surface area contributed by atoms with Gasteiger partial charge in [-0.15, -0.1) is 0 Å². The van der Waals surface area contributed by atoms with E-state index in [1.165, 1.54) is 0 Å². The molecule has 1 aliphatic carbocycles. The molecule has 1 heterocycles. The summed E-state index contributed by atoms with van der Waals surface area (Å²) in [6, 6.07) is 17.9. The van der Waals surface area contributed by atoms with E-state index in [0.717, 1.165) is 29.7 Å². The van der Waals surface area contributed by atoms with E-state index in [9.17, 15) is 5.11 Å². The predicted molar refractivity (Wildman–Crippen MR) is 94.2 cm³/mol. The molecule has 2 aromatic rings. The Bertz CT molecular complexity index is 697. The molecule has 2 aliphatic rings. The van der Waals surface area contributed by atoms with Gasteiger partial charge in [-0.1, -0.05) is 42.5 Å². The van der Waals surface area contributed by atoms with Gasteiger partial charge in [0, 0.05) is 12.8 Å². The fourth-order valence-corrected chi connectivity index (χ4v) is 3.74. The smallest absolute Gasteiger partial charge is 0.168 e. The minimum absolute atomic E-state index is 0.465. The molecule has 1 saturated heterocycles. The van der Waals surface area contributed by atoms with E-state index in [0.29, 0.717) is 32.7 Å². The quantitative estimate of drug-likeness (QED) is 0.920. The van der Waals surface area contributed by atoms with Gasteiger partial charge in [-0.2, -0.15) is 0 Å². The highest BCUT2D eigenvalue weighted by atomic mass is 16.7. The highest BCUT2D eigenvalue weighted by Gasteiger charge is 2.46. The first-order valence-corrected chi connectivity index (χ1v) is 8.95. The summed E-state index contributed by atoms with van der Waals surface area (Å²) in [5.41, 5.74) is 1.19. The van der Waals surface area contributed by atoms with Crippen LogP contribution in [0.2, 0.25) is 0 Å². The summed E-state index contributed by atoms with van der Waals surface area (Å²) < 4.78 is 17.4. The molecular formula is C21H24O4. The summed E-state index contributed by atoms with van der Waals surface area (Å²) in [6.07, 6.45) is 2.71. The van der Waals surface area contributed by atoms with Gasteiger partial charge in [0.25, 0.3) is 0 Å². The van der Waals surface area contributed by atoms with Crippen molar-refractivity contribution in [1.29, 1.82) is 0 Å². The van der Waals surface area contributed by atoms with Crippen molar-refractivity contribution in [1.82, 2.24) is 0 Å². The third-order valence-electron chi connectivity index (χ3n) is 5.27. The average Bonchev–Trinajstić information content (AvgIpc) is 3.13. The molecule has 1 aliphatic heterocycles. The van der Waals surface area contributed by atoms with Gasteiger partial charge in [0.1, 0.15) is 12.4 Å². The lowest BCUT2D eigenvalue weighted by Crippen LogP contribution is -2.42. The Morgan fingerprint density at radius 3 is 2.32 bits per heavy atom. The Morgan fingerprint density at radius 1 is 0.880 bits per heavy atom. The molecule has 4 rings (SSSR count). The first-order chi connectivity index (χ1) is 12.2. The summed E-state index contributed by atoms with van der Waals surface area (Å²) in [4.78, 5) is 0. The third-order valence-corrected chi connectivity index (χ3v) is 5.27. The predicted octanol–water partition coefficient (Wildman–Crippen LogP) is 3.77. The largest absolute Gasteiger partial charge is 0.489 e. The molecule has 2 aromatic carbocycles. The molecule has 0 amide bonds. The van der Waals surface area contributed by atoms with Crippen molar-refractivity contribution in [2.75, 3.05) is 13.2 Å². The molecular weight excluding hydrogens is 316 g/mol. The van der Waals surface area contributed by atoms with Crippen molar-refractivity contribution < 1.29 is 19.3 Å². The molecule has 4 heteroatoms. The minimum Gasteiger partial charge on any atom is -0.489 e. The van der Waals surface area contributed by atoms with E-state index in [1.54, 1.807) is 0 Å². The number of rotatable bonds is 4. The number of aliphatic hydroxyl groups is 1. The molecule has 1 N–H and O–H groups in total. The zero-order valence-corrected chi connectivity index (χ0v) is 14.3. The van der Waals surface area contributed by atoms with Crippen LogP contribution >= 0.6 is 0 Å². The topological polar surface area (TPSA) is 47.9 Å². The van der Waals surface area contributed by atoms with Crippen LogP contribution in [-0.2, 0) is 21.7 Å². The van der Waals surface area contributed by atoms with Crippen LogP contribution in [0.3, 0.4) is 0 Å². The standard InChI is InChI=1S/C21H24O4/c22-20(9-11-21(12-10-20)24-13-14-25-21)18-7-4-8-19(15-18)23-16-17-5-2-1-3-6-17/h1-8,15,22H,9-14,16H2. The third kappa shape index (κ3) is 3.56. The zero-order chi connectivity index (χ0) is 17.2. The first-order valence-electron chi connectivity index (χ1n) is 8.95. The average molecular weight is 340 g/mol. The Labute approximate surface area is 148 Å². The molecule has 2 fully saturated rings. The monoisotopic (exact) mass is 340 g/mol. The van der Waals surface area contributed by atoms with Gasteiger partial charge in [0.05, 0.1) is 18.8 Å². The van der Waals surface area contributed by atoms with Gasteiger partial charge in [0.2, 0.25) is 0 Å². The van der Waals surface area contributed by atoms with Crippen LogP contribution in [0.5, 0.6) is 5.75 Å². The van der Waals surface area contributed by atoms with Crippen LogP contribution in [0, 0.1) is 0 Å². The van der Waals surface area contributed by atoms with Gasteiger partial charge in [-0.25, -0.2) is 0 Å². The highest BCUT2D eigenvalue weighted by molar-refractivity contribution is 5.33. The molecule has 132 valence electrons. The fraction of sp³-hybridized carbons (Fsp3) is 0.429. The first kappa shape index (κ1) is 16.6. The summed E-state index contributed by atoms with van der Waals surface area (Å²) in [5, 5.41) is 11.1. The lowest BCUT2D eigenvalue weighted by Gasteiger charge is -2.40. The summed E-state index contributed by atoms with van der Waals surface area (Å²) >= 11 is 0. The van der Waals surface area contributed by atoms with Gasteiger partial charge >= 0.3 is 0 Å². The summed E-state index contributed by atoms with van der Waals surface area (Å²) in [5.74, 6) is 0.316. The van der Waals surface area contributed by atoms with E-state index in [-0.39, 0.29) is 0 Å². The molecule has 4 nitrogen and oxygen atoms in total. The maximum absolute atomic E-state index is 11.1. The van der Waals surface area contributed by atoms with Crippen molar-refractivity contribution in [2.45, 2.75) is 43.7 Å². The Kier molecular flexibility index (Phi) is 4.50. The van der Waals surface area contributed by atoms with Crippen LogP contribution < -0.4 is 4.74 Å². The van der Waals surface area contributed by atoms with Crippen LogP contribution in [0.4, 0.5) is 0 Å². The Hall–Kier alpha value is -1.88. The maximum Gasteiger partial charge on any atom is 0.168 e. The molecule has 25 heavy (non-hydrogen) atoms. The van der Waals surface area contributed by atoms with Crippen molar-refractivity contribution in [3.8, 4) is 5.75 Å². The zero-order valence-electron chi connectivity index (χ0n) is 14.3. The molecule has 0 aromatic heterocycles. The lowest BCUT2D eigenvalue weighted by atomic mass is 9.77. The van der Waals surface area contributed by atoms with E-state index >= 15 is 0 Å². The van der Waals surface area contributed by atoms with Gasteiger partial charge in [-0.3, -0.25) is 0 Å². The molecule has 0 radical (unpaired) electrons. The lowest BCUT2D eigenvalue weighted by molar-refractivity contribution is -0.204. The molecule has 1 saturated carbocycles. The van der Waals surface area contributed by atoms with E-state index in [4.69, 9.17) is 14.2 Å². The van der Waals surface area contributed by atoms with E-state index < -0.39 is 11.4 Å². The van der Waals surface area contributed by atoms with E-state index in [2.05, 4.69) is 0 Å². The van der Waals surface area contributed by atoms with Crippen molar-refractivity contribution in [3.05, 3.63) is 65.7 Å². The van der Waals surface area contributed by atoms with Gasteiger partial charge in [0.15, 0.2) is 5.79 Å². The van der Waals surface area contributed by atoms with Crippen molar-refractivity contribution in [3.63, 3.8) is 0 Å². The normalized spacial score (nSPS) is 21.3. The second-order valence-corrected chi connectivity index (χ2v) is 6.94. The van der Waals surface area contributed by atoms with Crippen LogP contribution in [0.1, 0.15) is 36.8 Å². The summed E-state index contributed by atoms with van der Waals surface area (Å²) in [6.45, 7) is 1.83. The molecule has 0 bridgehead atoms. The second kappa shape index (κ2) is 6.79. The minimum atomic E-state index is -0.841. The van der Waals surface area contributed by atoms with Gasteiger partial charge in [-0.05, 0) is 36.1 Å². The SMILES string of the molecule is OC1(c2cccc(OCc3ccccc3)c2)CCC2(CC1)OCCO2. The molecule has 1 spiro atoms. The fourth-order valence-electron chi connectivity index (χ4n) is 3.74.